The molecular weight excluding hydrogens is 410 g/mol. The molecule has 5 aromatic rings. The minimum atomic E-state index is 1.02. The summed E-state index contributed by atoms with van der Waals surface area (Å²) in [5.74, 6) is 0. The summed E-state index contributed by atoms with van der Waals surface area (Å²) in [6.45, 7) is 0. The first-order valence-electron chi connectivity index (χ1n) is 12.4. The average molecular weight is 442 g/mol. The van der Waals surface area contributed by atoms with Crippen molar-refractivity contribution in [2.45, 2.75) is 38.5 Å². The molecule has 0 aliphatic heterocycles. The Kier molecular flexibility index (Phi) is 7.11. The van der Waals surface area contributed by atoms with Crippen LogP contribution in [0.1, 0.15) is 36.8 Å². The van der Waals surface area contributed by atoms with Crippen molar-refractivity contribution >= 4 is 10.8 Å². The van der Waals surface area contributed by atoms with Crippen LogP contribution in [0.5, 0.6) is 0 Å². The molecule has 1 heteroatoms. The second-order valence-electron chi connectivity index (χ2n) is 9.10. The minimum Gasteiger partial charge on any atom is -0.256 e. The molecule has 0 atom stereocenters. The third-order valence-corrected chi connectivity index (χ3v) is 6.57. The maximum absolute atomic E-state index is 4.71. The lowest BCUT2D eigenvalue weighted by atomic mass is 9.97. The second-order valence-corrected chi connectivity index (χ2v) is 9.10. The molecule has 4 aromatic carbocycles. The van der Waals surface area contributed by atoms with Crippen molar-refractivity contribution in [3.05, 3.63) is 127 Å². The molecule has 1 heterocycles. The summed E-state index contributed by atoms with van der Waals surface area (Å²) < 4.78 is 0. The van der Waals surface area contributed by atoms with E-state index in [0.717, 1.165) is 17.7 Å². The van der Waals surface area contributed by atoms with Crippen LogP contribution in [0.15, 0.2) is 115 Å². The highest BCUT2D eigenvalue weighted by Gasteiger charge is 2.05. The lowest BCUT2D eigenvalue weighted by Gasteiger charge is -2.09. The number of hydrogen-bond donors (Lipinski definition) is 0. The van der Waals surface area contributed by atoms with Gasteiger partial charge in [-0.1, -0.05) is 110 Å². The molecule has 0 amide bonds. The highest BCUT2D eigenvalue weighted by molar-refractivity contribution is 5.85. The zero-order valence-electron chi connectivity index (χ0n) is 19.7. The van der Waals surface area contributed by atoms with Gasteiger partial charge in [0, 0.05) is 17.1 Å². The zero-order chi connectivity index (χ0) is 23.0. The standard InChI is InChI=1S/C33H31N/c1(4-12-26-13-6-3-7-14-26)2-5-15-27-16-10-19-28(22-27)29-20-11-21-31(23-29)33-24-30-17-8-9-18-32(30)25-34-33/h3,6-11,13-14,16-25H,1-2,4-5,12,15H2. The first kappa shape index (κ1) is 22.1. The van der Waals surface area contributed by atoms with Crippen molar-refractivity contribution < 1.29 is 0 Å². The minimum absolute atomic E-state index is 1.02. The predicted molar refractivity (Wildman–Crippen MR) is 145 cm³/mol. The van der Waals surface area contributed by atoms with Crippen molar-refractivity contribution in [3.63, 3.8) is 0 Å². The number of aromatic nitrogens is 1. The number of hydrogen-bond acceptors (Lipinski definition) is 1. The van der Waals surface area contributed by atoms with Gasteiger partial charge in [-0.2, -0.15) is 0 Å². The van der Waals surface area contributed by atoms with Crippen molar-refractivity contribution in [3.8, 4) is 22.4 Å². The van der Waals surface area contributed by atoms with Crippen LogP contribution in [-0.4, -0.2) is 4.98 Å². The molecule has 168 valence electrons. The van der Waals surface area contributed by atoms with Crippen molar-refractivity contribution in [2.75, 3.05) is 0 Å². The molecule has 1 nitrogen and oxygen atoms in total. The maximum atomic E-state index is 4.71. The van der Waals surface area contributed by atoms with Gasteiger partial charge in [-0.15, -0.1) is 0 Å². The molecule has 34 heavy (non-hydrogen) atoms. The number of fused-ring (bicyclic) bond motifs is 1. The fourth-order valence-corrected chi connectivity index (χ4v) is 4.66. The van der Waals surface area contributed by atoms with E-state index in [0.29, 0.717) is 0 Å². The third-order valence-electron chi connectivity index (χ3n) is 6.57. The molecule has 0 aliphatic carbocycles. The van der Waals surface area contributed by atoms with E-state index in [4.69, 9.17) is 4.98 Å². The Labute approximate surface area is 203 Å². The molecule has 5 rings (SSSR count). The highest BCUT2D eigenvalue weighted by Crippen LogP contribution is 2.28. The molecule has 1 aromatic heterocycles. The topological polar surface area (TPSA) is 12.9 Å². The first-order valence-corrected chi connectivity index (χ1v) is 12.4. The number of aryl methyl sites for hydroxylation is 2. The molecule has 0 radical (unpaired) electrons. The molecule has 0 bridgehead atoms. The smallest absolute Gasteiger partial charge is 0.0708 e. The molecular formula is C33H31N. The molecule has 0 unspecified atom stereocenters. The molecule has 0 N–H and O–H groups in total. The first-order chi connectivity index (χ1) is 16.8. The SMILES string of the molecule is c1ccc(CCCCCCc2cccc(-c3cccc(-c4cc5ccccc5cn4)c3)c2)cc1. The van der Waals surface area contributed by atoms with Gasteiger partial charge in [-0.3, -0.25) is 4.98 Å². The van der Waals surface area contributed by atoms with Gasteiger partial charge >= 0.3 is 0 Å². The Morgan fingerprint density at radius 2 is 1.06 bits per heavy atom. The van der Waals surface area contributed by atoms with E-state index in [1.807, 2.05) is 6.20 Å². The summed E-state index contributed by atoms with van der Waals surface area (Å²) in [6, 6.07) is 39.2. The van der Waals surface area contributed by atoms with Gasteiger partial charge in [-0.25, -0.2) is 0 Å². The normalized spacial score (nSPS) is 11.1. The molecule has 0 fully saturated rings. The number of benzene rings is 4. The monoisotopic (exact) mass is 441 g/mol. The number of nitrogens with zero attached hydrogens (tertiary/aromatic N) is 1. The van der Waals surface area contributed by atoms with Gasteiger partial charge < -0.3 is 0 Å². The second kappa shape index (κ2) is 10.9. The Morgan fingerprint density at radius 1 is 0.441 bits per heavy atom. The van der Waals surface area contributed by atoms with Gasteiger partial charge in [0.1, 0.15) is 0 Å². The van der Waals surface area contributed by atoms with E-state index in [9.17, 15) is 0 Å². The summed E-state index contributed by atoms with van der Waals surface area (Å²) >= 11 is 0. The summed E-state index contributed by atoms with van der Waals surface area (Å²) in [6.07, 6.45) is 9.43. The van der Waals surface area contributed by atoms with Crippen LogP contribution in [0.25, 0.3) is 33.2 Å². The van der Waals surface area contributed by atoms with Crippen LogP contribution < -0.4 is 0 Å². The summed E-state index contributed by atoms with van der Waals surface area (Å²) in [5.41, 5.74) is 7.59. The van der Waals surface area contributed by atoms with E-state index in [-0.39, 0.29) is 0 Å². The van der Waals surface area contributed by atoms with Gasteiger partial charge in [0.2, 0.25) is 0 Å². The Bertz CT molecular complexity index is 1350. The van der Waals surface area contributed by atoms with Crippen LogP contribution in [0.3, 0.4) is 0 Å². The van der Waals surface area contributed by atoms with Gasteiger partial charge in [0.25, 0.3) is 0 Å². The van der Waals surface area contributed by atoms with Gasteiger partial charge in [0.05, 0.1) is 5.69 Å². The maximum Gasteiger partial charge on any atom is 0.0708 e. The van der Waals surface area contributed by atoms with E-state index in [1.165, 1.54) is 65.1 Å². The Hall–Kier alpha value is -3.71. The van der Waals surface area contributed by atoms with Gasteiger partial charge in [0.15, 0.2) is 0 Å². The largest absolute Gasteiger partial charge is 0.256 e. The van der Waals surface area contributed by atoms with E-state index in [1.54, 1.807) is 0 Å². The fraction of sp³-hybridized carbons (Fsp3) is 0.182. The van der Waals surface area contributed by atoms with Crippen molar-refractivity contribution in [1.29, 1.82) is 0 Å². The van der Waals surface area contributed by atoms with Crippen LogP contribution in [0.4, 0.5) is 0 Å². The number of rotatable bonds is 9. The molecule has 0 saturated heterocycles. The Morgan fingerprint density at radius 3 is 1.88 bits per heavy atom. The lowest BCUT2D eigenvalue weighted by Crippen LogP contribution is -1.90. The lowest BCUT2D eigenvalue weighted by molar-refractivity contribution is 0.640. The number of unbranched alkanes of at least 4 members (excludes halogenated alkanes) is 3. The van der Waals surface area contributed by atoms with Crippen molar-refractivity contribution in [1.82, 2.24) is 4.98 Å². The number of pyridine rings is 1. The van der Waals surface area contributed by atoms with Crippen LogP contribution in [-0.2, 0) is 12.8 Å². The molecule has 0 spiro atoms. The van der Waals surface area contributed by atoms with E-state index in [2.05, 4.69) is 109 Å². The Balaban J connectivity index is 1.21. The average Bonchev–Trinajstić information content (AvgIpc) is 2.91. The van der Waals surface area contributed by atoms with Crippen LogP contribution >= 0.6 is 0 Å². The quantitative estimate of drug-likeness (QED) is 0.208. The highest BCUT2D eigenvalue weighted by atomic mass is 14.7. The van der Waals surface area contributed by atoms with Crippen molar-refractivity contribution in [2.24, 2.45) is 0 Å². The molecule has 0 aliphatic rings. The van der Waals surface area contributed by atoms with Gasteiger partial charge in [-0.05, 0) is 65.5 Å². The molecule has 0 saturated carbocycles. The zero-order valence-corrected chi connectivity index (χ0v) is 19.7. The van der Waals surface area contributed by atoms with E-state index >= 15 is 0 Å². The summed E-state index contributed by atoms with van der Waals surface area (Å²) in [4.78, 5) is 4.71. The fourth-order valence-electron chi connectivity index (χ4n) is 4.66. The van der Waals surface area contributed by atoms with E-state index < -0.39 is 0 Å². The third kappa shape index (κ3) is 5.61. The summed E-state index contributed by atoms with van der Waals surface area (Å²) in [5, 5.41) is 2.40. The van der Waals surface area contributed by atoms with Crippen LogP contribution in [0.2, 0.25) is 0 Å². The van der Waals surface area contributed by atoms with Crippen LogP contribution in [0, 0.1) is 0 Å². The predicted octanol–water partition coefficient (Wildman–Crippen LogP) is 8.91. The summed E-state index contributed by atoms with van der Waals surface area (Å²) in [7, 11) is 0.